The molecule has 0 saturated heterocycles. The maximum Gasteiger partial charge on any atom is 0.407 e. The molecule has 0 atom stereocenters. The van der Waals surface area contributed by atoms with Gasteiger partial charge in [0.05, 0.1) is 6.61 Å². The van der Waals surface area contributed by atoms with Gasteiger partial charge in [-0.25, -0.2) is 4.79 Å². The predicted octanol–water partition coefficient (Wildman–Crippen LogP) is 2.83. The van der Waals surface area contributed by atoms with Gasteiger partial charge in [0, 0.05) is 19.7 Å². The molecule has 1 aliphatic rings. The predicted molar refractivity (Wildman–Crippen MR) is 73.3 cm³/mol. The van der Waals surface area contributed by atoms with Crippen LogP contribution < -0.4 is 0 Å². The Morgan fingerprint density at radius 1 is 1.47 bits per heavy atom. The minimum absolute atomic E-state index is 0.222. The van der Waals surface area contributed by atoms with Crippen LogP contribution in [0.1, 0.15) is 29.5 Å². The second-order valence-corrected chi connectivity index (χ2v) is 5.15. The first-order valence-corrected chi connectivity index (χ1v) is 6.68. The number of carbonyl (C=O) groups is 1. The quantitative estimate of drug-likeness (QED) is 0.858. The summed E-state index contributed by atoms with van der Waals surface area (Å²) in [4.78, 5) is 12.8. The van der Waals surface area contributed by atoms with E-state index < -0.39 is 6.09 Å². The number of methoxy groups -OCH3 is 1. The van der Waals surface area contributed by atoms with Crippen molar-refractivity contribution in [3.05, 3.63) is 34.9 Å². The summed E-state index contributed by atoms with van der Waals surface area (Å²) in [5.41, 5.74) is 3.44. The number of nitrogens with zero attached hydrogens (tertiary/aromatic N) is 1. The van der Waals surface area contributed by atoms with Gasteiger partial charge in [-0.15, -0.1) is 0 Å². The van der Waals surface area contributed by atoms with E-state index in [-0.39, 0.29) is 6.04 Å². The van der Waals surface area contributed by atoms with Crippen LogP contribution in [-0.4, -0.2) is 35.9 Å². The van der Waals surface area contributed by atoms with Crippen LogP contribution >= 0.6 is 0 Å². The van der Waals surface area contributed by atoms with Gasteiger partial charge >= 0.3 is 6.09 Å². The highest BCUT2D eigenvalue weighted by molar-refractivity contribution is 5.66. The lowest BCUT2D eigenvalue weighted by atomic mass is 10.0. The summed E-state index contributed by atoms with van der Waals surface area (Å²) in [6.45, 7) is 3.21. The van der Waals surface area contributed by atoms with Crippen molar-refractivity contribution < 1.29 is 14.6 Å². The van der Waals surface area contributed by atoms with Gasteiger partial charge in [-0.1, -0.05) is 18.2 Å². The number of rotatable bonds is 6. The molecule has 104 valence electrons. The summed E-state index contributed by atoms with van der Waals surface area (Å²) >= 11 is 0. The molecule has 1 saturated carbocycles. The van der Waals surface area contributed by atoms with E-state index >= 15 is 0 Å². The molecular weight excluding hydrogens is 242 g/mol. The number of ether oxygens (including phenoxy) is 1. The monoisotopic (exact) mass is 263 g/mol. The molecule has 0 aromatic heterocycles. The zero-order valence-corrected chi connectivity index (χ0v) is 11.6. The summed E-state index contributed by atoms with van der Waals surface area (Å²) in [5.74, 6) is 0. The van der Waals surface area contributed by atoms with Crippen molar-refractivity contribution in [2.75, 3.05) is 13.7 Å². The van der Waals surface area contributed by atoms with Gasteiger partial charge in [0.25, 0.3) is 0 Å². The third-order valence-electron chi connectivity index (χ3n) is 3.58. The maximum atomic E-state index is 11.3. The fourth-order valence-electron chi connectivity index (χ4n) is 2.19. The highest BCUT2D eigenvalue weighted by atomic mass is 16.5. The first-order chi connectivity index (χ1) is 9.11. The van der Waals surface area contributed by atoms with Crippen LogP contribution in [0.5, 0.6) is 0 Å². The van der Waals surface area contributed by atoms with Crippen LogP contribution in [0.2, 0.25) is 0 Å². The van der Waals surface area contributed by atoms with Crippen molar-refractivity contribution in [3.63, 3.8) is 0 Å². The zero-order chi connectivity index (χ0) is 13.8. The van der Waals surface area contributed by atoms with Gasteiger partial charge in [0.1, 0.15) is 0 Å². The Morgan fingerprint density at radius 3 is 2.79 bits per heavy atom. The molecule has 1 aromatic carbocycles. The van der Waals surface area contributed by atoms with Crippen molar-refractivity contribution in [1.29, 1.82) is 0 Å². The zero-order valence-electron chi connectivity index (χ0n) is 11.6. The van der Waals surface area contributed by atoms with Crippen molar-refractivity contribution in [2.24, 2.45) is 0 Å². The van der Waals surface area contributed by atoms with E-state index in [0.29, 0.717) is 13.2 Å². The molecule has 0 heterocycles. The molecule has 0 radical (unpaired) electrons. The van der Waals surface area contributed by atoms with Gasteiger partial charge in [-0.3, -0.25) is 0 Å². The average molecular weight is 263 g/mol. The SMILES string of the molecule is COCCc1ccc(C)c(CN(C(=O)O)C2CC2)c1. The van der Waals surface area contributed by atoms with E-state index in [2.05, 4.69) is 18.2 Å². The topological polar surface area (TPSA) is 49.8 Å². The molecule has 1 fully saturated rings. The van der Waals surface area contributed by atoms with E-state index in [1.807, 2.05) is 6.92 Å². The van der Waals surface area contributed by atoms with E-state index in [4.69, 9.17) is 4.74 Å². The summed E-state index contributed by atoms with van der Waals surface area (Å²) in [5, 5.41) is 9.25. The largest absolute Gasteiger partial charge is 0.465 e. The molecule has 19 heavy (non-hydrogen) atoms. The number of aryl methyl sites for hydroxylation is 1. The number of hydrogen-bond donors (Lipinski definition) is 1. The van der Waals surface area contributed by atoms with Gasteiger partial charge in [0.15, 0.2) is 0 Å². The van der Waals surface area contributed by atoms with Gasteiger partial charge in [-0.05, 0) is 42.9 Å². The lowest BCUT2D eigenvalue weighted by Gasteiger charge is -2.20. The third kappa shape index (κ3) is 3.70. The molecule has 4 nitrogen and oxygen atoms in total. The molecule has 1 amide bonds. The molecule has 1 aromatic rings. The molecule has 2 rings (SSSR count). The maximum absolute atomic E-state index is 11.3. The average Bonchev–Trinajstić information content (AvgIpc) is 3.20. The highest BCUT2D eigenvalue weighted by Gasteiger charge is 2.32. The van der Waals surface area contributed by atoms with Crippen molar-refractivity contribution in [3.8, 4) is 0 Å². The number of benzene rings is 1. The van der Waals surface area contributed by atoms with Crippen LogP contribution in [-0.2, 0) is 17.7 Å². The Hall–Kier alpha value is -1.55. The Kier molecular flexibility index (Phi) is 4.43. The second-order valence-electron chi connectivity index (χ2n) is 5.15. The fraction of sp³-hybridized carbons (Fsp3) is 0.533. The Balaban J connectivity index is 2.11. The highest BCUT2D eigenvalue weighted by Crippen LogP contribution is 2.29. The van der Waals surface area contributed by atoms with E-state index in [1.54, 1.807) is 12.0 Å². The van der Waals surface area contributed by atoms with E-state index in [9.17, 15) is 9.90 Å². The second kappa shape index (κ2) is 6.06. The summed E-state index contributed by atoms with van der Waals surface area (Å²) in [6, 6.07) is 6.47. The number of carboxylic acid groups (broad SMARTS) is 1. The molecule has 0 bridgehead atoms. The van der Waals surface area contributed by atoms with E-state index in [0.717, 1.165) is 30.4 Å². The Bertz CT molecular complexity index is 455. The minimum Gasteiger partial charge on any atom is -0.465 e. The van der Waals surface area contributed by atoms with Crippen LogP contribution in [0.25, 0.3) is 0 Å². The smallest absolute Gasteiger partial charge is 0.407 e. The van der Waals surface area contributed by atoms with Gasteiger partial charge < -0.3 is 14.7 Å². The molecule has 0 unspecified atom stereocenters. The van der Waals surface area contributed by atoms with Crippen LogP contribution in [0.4, 0.5) is 4.79 Å². The van der Waals surface area contributed by atoms with Gasteiger partial charge in [-0.2, -0.15) is 0 Å². The van der Waals surface area contributed by atoms with Crippen LogP contribution in [0, 0.1) is 6.92 Å². The molecule has 1 N–H and O–H groups in total. The lowest BCUT2D eigenvalue weighted by molar-refractivity contribution is 0.139. The van der Waals surface area contributed by atoms with Crippen molar-refractivity contribution in [1.82, 2.24) is 4.90 Å². The molecule has 0 aliphatic heterocycles. The first-order valence-electron chi connectivity index (χ1n) is 6.68. The summed E-state index contributed by atoms with van der Waals surface area (Å²) in [7, 11) is 1.69. The van der Waals surface area contributed by atoms with Crippen LogP contribution in [0.3, 0.4) is 0 Å². The summed E-state index contributed by atoms with van der Waals surface area (Å²) < 4.78 is 5.08. The lowest BCUT2D eigenvalue weighted by Crippen LogP contribution is -2.31. The first kappa shape index (κ1) is 13.9. The Labute approximate surface area is 114 Å². The number of hydrogen-bond acceptors (Lipinski definition) is 2. The molecule has 0 spiro atoms. The minimum atomic E-state index is -0.816. The Morgan fingerprint density at radius 2 is 2.21 bits per heavy atom. The normalized spacial score (nSPS) is 14.4. The summed E-state index contributed by atoms with van der Waals surface area (Å²) in [6.07, 6.45) is 2.04. The molecule has 4 heteroatoms. The molecule has 1 aliphatic carbocycles. The van der Waals surface area contributed by atoms with Gasteiger partial charge in [0.2, 0.25) is 0 Å². The third-order valence-corrected chi connectivity index (χ3v) is 3.58. The standard InChI is InChI=1S/C15H21NO3/c1-11-3-4-12(7-8-19-2)9-13(11)10-16(15(17)18)14-5-6-14/h3-4,9,14H,5-8,10H2,1-2H3,(H,17,18). The van der Waals surface area contributed by atoms with Crippen molar-refractivity contribution >= 4 is 6.09 Å². The number of amides is 1. The van der Waals surface area contributed by atoms with Crippen LogP contribution in [0.15, 0.2) is 18.2 Å². The van der Waals surface area contributed by atoms with Crippen molar-refractivity contribution in [2.45, 2.75) is 38.8 Å². The van der Waals surface area contributed by atoms with E-state index in [1.165, 1.54) is 5.56 Å². The fourth-order valence-corrected chi connectivity index (χ4v) is 2.19. The molecular formula is C15H21NO3.